The first-order valence-corrected chi connectivity index (χ1v) is 11.2. The molecule has 0 saturated heterocycles. The molecule has 32 heavy (non-hydrogen) atoms. The van der Waals surface area contributed by atoms with Crippen molar-refractivity contribution in [3.05, 3.63) is 99.0 Å². The monoisotopic (exact) mass is 464 g/mol. The second-order valence-corrected chi connectivity index (χ2v) is 9.22. The van der Waals surface area contributed by atoms with Crippen LogP contribution in [0.15, 0.2) is 70.4 Å². The lowest BCUT2D eigenvalue weighted by molar-refractivity contribution is -0.141. The predicted octanol–water partition coefficient (Wildman–Crippen LogP) is 3.63. The maximum Gasteiger partial charge on any atom is 0.431 e. The molecular formula is C22H19F3N2O4S. The van der Waals surface area contributed by atoms with Gasteiger partial charge in [0.25, 0.3) is 11.5 Å². The molecule has 3 aromatic rings. The summed E-state index contributed by atoms with van der Waals surface area (Å²) in [6, 6.07) is 13.4. The van der Waals surface area contributed by atoms with Crippen LogP contribution in [0.1, 0.15) is 38.8 Å². The van der Waals surface area contributed by atoms with E-state index in [-0.39, 0.29) is 10.5 Å². The molecule has 168 valence electrons. The van der Waals surface area contributed by atoms with Crippen molar-refractivity contribution in [2.75, 3.05) is 6.26 Å². The van der Waals surface area contributed by atoms with Crippen molar-refractivity contribution in [2.45, 2.75) is 24.0 Å². The molecule has 0 bridgehead atoms. The maximum absolute atomic E-state index is 12.8. The van der Waals surface area contributed by atoms with E-state index in [9.17, 15) is 31.2 Å². The number of hydrogen-bond acceptors (Lipinski definition) is 4. The Labute approximate surface area is 182 Å². The number of hydrogen-bond donors (Lipinski definition) is 2. The smallest absolute Gasteiger partial charge is 0.341 e. The zero-order valence-electron chi connectivity index (χ0n) is 17.0. The molecule has 0 aliphatic heterocycles. The SMILES string of the molecule is Cc1ccc(C(NC(=O)c2ccc(C(F)(F)F)[nH]c2=O)c2ccccc2S(C)(=O)=O)cc1. The van der Waals surface area contributed by atoms with E-state index >= 15 is 0 Å². The summed E-state index contributed by atoms with van der Waals surface area (Å²) in [5.41, 5.74) is -1.31. The van der Waals surface area contributed by atoms with Gasteiger partial charge in [0.1, 0.15) is 11.3 Å². The van der Waals surface area contributed by atoms with Gasteiger partial charge in [-0.05, 0) is 36.2 Å². The number of aryl methyl sites for hydroxylation is 1. The third kappa shape index (κ3) is 5.08. The first kappa shape index (κ1) is 23.3. The first-order chi connectivity index (χ1) is 14.9. The van der Waals surface area contributed by atoms with Crippen LogP contribution in [-0.2, 0) is 16.0 Å². The molecule has 1 amide bonds. The summed E-state index contributed by atoms with van der Waals surface area (Å²) in [7, 11) is -3.67. The zero-order chi connectivity index (χ0) is 23.7. The van der Waals surface area contributed by atoms with Gasteiger partial charge in [-0.2, -0.15) is 13.2 Å². The largest absolute Gasteiger partial charge is 0.431 e. The molecule has 1 unspecified atom stereocenters. The number of H-pyrrole nitrogens is 1. The number of nitrogens with one attached hydrogen (secondary N) is 2. The highest BCUT2D eigenvalue weighted by Gasteiger charge is 2.32. The fourth-order valence-electron chi connectivity index (χ4n) is 3.18. The molecule has 0 aliphatic rings. The lowest BCUT2D eigenvalue weighted by Crippen LogP contribution is -2.34. The molecule has 0 fully saturated rings. The maximum atomic E-state index is 12.8. The van der Waals surface area contributed by atoms with Crippen molar-refractivity contribution in [2.24, 2.45) is 0 Å². The molecule has 2 N–H and O–H groups in total. The summed E-state index contributed by atoms with van der Waals surface area (Å²) < 4.78 is 63.1. The minimum absolute atomic E-state index is 0.0211. The molecule has 6 nitrogen and oxygen atoms in total. The van der Waals surface area contributed by atoms with Gasteiger partial charge in [0, 0.05) is 6.26 Å². The predicted molar refractivity (Wildman–Crippen MR) is 112 cm³/mol. The fraction of sp³-hybridized carbons (Fsp3) is 0.182. The number of aromatic nitrogens is 1. The summed E-state index contributed by atoms with van der Waals surface area (Å²) in [5.74, 6) is -0.950. The molecule has 1 heterocycles. The Bertz CT molecular complexity index is 1310. The molecule has 10 heteroatoms. The lowest BCUT2D eigenvalue weighted by Gasteiger charge is -2.22. The van der Waals surface area contributed by atoms with Gasteiger partial charge in [0.15, 0.2) is 9.84 Å². The summed E-state index contributed by atoms with van der Waals surface area (Å²) in [6.45, 7) is 1.85. The van der Waals surface area contributed by atoms with Gasteiger partial charge in [0.2, 0.25) is 0 Å². The molecule has 0 aliphatic carbocycles. The van der Waals surface area contributed by atoms with E-state index in [4.69, 9.17) is 0 Å². The third-order valence-corrected chi connectivity index (χ3v) is 5.95. The number of alkyl halides is 3. The van der Waals surface area contributed by atoms with Gasteiger partial charge >= 0.3 is 6.18 Å². The highest BCUT2D eigenvalue weighted by Crippen LogP contribution is 2.29. The fourth-order valence-corrected chi connectivity index (χ4v) is 4.12. The Balaban J connectivity index is 2.08. The van der Waals surface area contributed by atoms with Gasteiger partial charge in [0.05, 0.1) is 10.9 Å². The topological polar surface area (TPSA) is 96.1 Å². The van der Waals surface area contributed by atoms with Crippen LogP contribution in [0.2, 0.25) is 0 Å². The number of halogens is 3. The zero-order valence-corrected chi connectivity index (χ0v) is 17.8. The number of carbonyl (C=O) groups excluding carboxylic acids is 1. The first-order valence-electron chi connectivity index (χ1n) is 9.35. The van der Waals surface area contributed by atoms with Crippen LogP contribution >= 0.6 is 0 Å². The van der Waals surface area contributed by atoms with E-state index in [0.717, 1.165) is 17.9 Å². The van der Waals surface area contributed by atoms with Crippen molar-refractivity contribution in [1.29, 1.82) is 0 Å². The van der Waals surface area contributed by atoms with Crippen molar-refractivity contribution < 1.29 is 26.4 Å². The van der Waals surface area contributed by atoms with E-state index in [2.05, 4.69) is 5.32 Å². The van der Waals surface area contributed by atoms with Crippen molar-refractivity contribution in [3.8, 4) is 0 Å². The van der Waals surface area contributed by atoms with Gasteiger partial charge in [-0.3, -0.25) is 9.59 Å². The van der Waals surface area contributed by atoms with E-state index in [1.807, 2.05) is 6.92 Å². The van der Waals surface area contributed by atoms with Crippen molar-refractivity contribution >= 4 is 15.7 Å². The summed E-state index contributed by atoms with van der Waals surface area (Å²) >= 11 is 0. The van der Waals surface area contributed by atoms with E-state index < -0.39 is 44.8 Å². The highest BCUT2D eigenvalue weighted by molar-refractivity contribution is 7.90. The van der Waals surface area contributed by atoms with Gasteiger partial charge in [-0.15, -0.1) is 0 Å². The number of amides is 1. The van der Waals surface area contributed by atoms with Crippen LogP contribution in [0, 0.1) is 6.92 Å². The summed E-state index contributed by atoms with van der Waals surface area (Å²) in [6.07, 6.45) is -3.74. The summed E-state index contributed by atoms with van der Waals surface area (Å²) in [4.78, 5) is 26.6. The molecule has 1 atom stereocenters. The molecule has 0 radical (unpaired) electrons. The Morgan fingerprint density at radius 1 is 1.00 bits per heavy atom. The number of carbonyl (C=O) groups is 1. The van der Waals surface area contributed by atoms with Crippen LogP contribution in [0.5, 0.6) is 0 Å². The van der Waals surface area contributed by atoms with E-state index in [0.29, 0.717) is 11.6 Å². The van der Waals surface area contributed by atoms with Crippen molar-refractivity contribution in [1.82, 2.24) is 10.3 Å². The van der Waals surface area contributed by atoms with Gasteiger partial charge in [-0.1, -0.05) is 48.0 Å². The molecular weight excluding hydrogens is 445 g/mol. The average molecular weight is 464 g/mol. The molecule has 2 aromatic carbocycles. The Morgan fingerprint density at radius 2 is 1.62 bits per heavy atom. The van der Waals surface area contributed by atoms with Crippen LogP contribution in [-0.4, -0.2) is 25.6 Å². The van der Waals surface area contributed by atoms with E-state index in [1.54, 1.807) is 35.3 Å². The molecule has 0 spiro atoms. The van der Waals surface area contributed by atoms with Crippen molar-refractivity contribution in [3.63, 3.8) is 0 Å². The normalized spacial score (nSPS) is 12.9. The number of aromatic amines is 1. The average Bonchev–Trinajstić information content (AvgIpc) is 2.71. The summed E-state index contributed by atoms with van der Waals surface area (Å²) in [5, 5.41) is 2.59. The minimum atomic E-state index is -4.77. The second-order valence-electron chi connectivity index (χ2n) is 7.24. The number of benzene rings is 2. The quantitative estimate of drug-likeness (QED) is 0.603. The van der Waals surface area contributed by atoms with Crippen LogP contribution in [0.3, 0.4) is 0 Å². The lowest BCUT2D eigenvalue weighted by atomic mass is 9.97. The van der Waals surface area contributed by atoms with Gasteiger partial charge < -0.3 is 10.3 Å². The number of rotatable bonds is 5. The standard InChI is InChI=1S/C22H19F3N2O4S/c1-13-7-9-14(10-8-13)19(15-5-3-4-6-17(15)32(2,30)31)27-21(29)16-11-12-18(22(23,24)25)26-20(16)28/h3-12,19H,1-2H3,(H,26,28)(H,27,29). The highest BCUT2D eigenvalue weighted by atomic mass is 32.2. The number of pyridine rings is 1. The minimum Gasteiger partial charge on any atom is -0.341 e. The second kappa shape index (κ2) is 8.62. The molecule has 0 saturated carbocycles. The Morgan fingerprint density at radius 3 is 2.19 bits per heavy atom. The third-order valence-electron chi connectivity index (χ3n) is 4.78. The van der Waals surface area contributed by atoms with Crippen LogP contribution in [0.4, 0.5) is 13.2 Å². The molecule has 3 rings (SSSR count). The Kier molecular flexibility index (Phi) is 6.27. The molecule has 1 aromatic heterocycles. The van der Waals surface area contributed by atoms with Crippen LogP contribution in [0.25, 0.3) is 0 Å². The van der Waals surface area contributed by atoms with E-state index in [1.165, 1.54) is 18.2 Å². The van der Waals surface area contributed by atoms with Crippen LogP contribution < -0.4 is 10.9 Å². The number of sulfone groups is 1. The van der Waals surface area contributed by atoms with Gasteiger partial charge in [-0.25, -0.2) is 8.42 Å². The Hall–Kier alpha value is -3.40.